The fourth-order valence-corrected chi connectivity index (χ4v) is 2.59. The fourth-order valence-electron chi connectivity index (χ4n) is 2.13. The number of allylic oxidation sites excluding steroid dienone is 1. The molecule has 0 bridgehead atoms. The number of hydrogen-bond donors (Lipinski definition) is 1. The molecule has 0 fully saturated rings. The Morgan fingerprint density at radius 1 is 1.24 bits per heavy atom. The molecule has 1 aromatic heterocycles. The van der Waals surface area contributed by atoms with Crippen LogP contribution in [-0.2, 0) is 14.1 Å². The van der Waals surface area contributed by atoms with Crippen molar-refractivity contribution in [2.75, 3.05) is 5.73 Å². The van der Waals surface area contributed by atoms with Crippen LogP contribution in [0.5, 0.6) is 0 Å². The molecule has 0 amide bonds. The molecule has 1 heterocycles. The van der Waals surface area contributed by atoms with E-state index in [1.807, 2.05) is 0 Å². The predicted molar refractivity (Wildman–Crippen MR) is 95.7 cm³/mol. The zero-order valence-corrected chi connectivity index (χ0v) is 14.7. The molecule has 2 N–H and O–H groups in total. The Hall–Kier alpha value is -2.82. The second kappa shape index (κ2) is 6.97. The van der Waals surface area contributed by atoms with Crippen molar-refractivity contribution in [1.82, 2.24) is 9.13 Å². The van der Waals surface area contributed by atoms with Gasteiger partial charge in [0.25, 0.3) is 5.56 Å². The van der Waals surface area contributed by atoms with Gasteiger partial charge in [0.15, 0.2) is 0 Å². The molecule has 0 saturated carbocycles. The van der Waals surface area contributed by atoms with Crippen molar-refractivity contribution in [1.29, 1.82) is 5.26 Å². The van der Waals surface area contributed by atoms with Crippen molar-refractivity contribution in [3.05, 3.63) is 65.8 Å². The minimum absolute atomic E-state index is 0.231. The van der Waals surface area contributed by atoms with E-state index < -0.39 is 22.6 Å². The Bertz CT molecular complexity index is 1070. The summed E-state index contributed by atoms with van der Waals surface area (Å²) in [7, 11) is 2.53. The minimum Gasteiger partial charge on any atom is -0.384 e. The van der Waals surface area contributed by atoms with E-state index in [9.17, 15) is 19.6 Å². The molecule has 2 rings (SSSR count). The van der Waals surface area contributed by atoms with Gasteiger partial charge in [0.2, 0.25) is 5.78 Å². The molecule has 25 heavy (non-hydrogen) atoms. The highest BCUT2D eigenvalue weighted by Gasteiger charge is 2.23. The van der Waals surface area contributed by atoms with Crippen LogP contribution in [0, 0.1) is 11.3 Å². The lowest BCUT2D eigenvalue weighted by Crippen LogP contribution is -2.41. The SMILES string of the molecule is Cn1c(N)c(C(=O)C(C#N)=Cc2ccc(Cl)cc2Cl)c(=O)n(C)c1=O. The van der Waals surface area contributed by atoms with E-state index in [1.54, 1.807) is 12.1 Å². The topological polar surface area (TPSA) is 111 Å². The number of nitriles is 1. The first-order valence-corrected chi connectivity index (χ1v) is 7.61. The molecular weight excluding hydrogens is 367 g/mol. The second-order valence-corrected chi connectivity index (χ2v) is 5.97. The van der Waals surface area contributed by atoms with E-state index in [0.29, 0.717) is 10.6 Å². The number of benzene rings is 1. The Kier molecular flexibility index (Phi) is 5.16. The average molecular weight is 379 g/mol. The summed E-state index contributed by atoms with van der Waals surface area (Å²) in [5, 5.41) is 9.94. The zero-order valence-electron chi connectivity index (χ0n) is 13.2. The number of anilines is 1. The quantitative estimate of drug-likeness (QED) is 0.496. The maximum Gasteiger partial charge on any atom is 0.332 e. The molecule has 0 saturated heterocycles. The normalized spacial score (nSPS) is 11.2. The molecule has 0 atom stereocenters. The van der Waals surface area contributed by atoms with Gasteiger partial charge in [-0.2, -0.15) is 5.26 Å². The van der Waals surface area contributed by atoms with Gasteiger partial charge in [0, 0.05) is 24.1 Å². The number of halogens is 2. The van der Waals surface area contributed by atoms with Crippen molar-refractivity contribution >= 4 is 40.9 Å². The van der Waals surface area contributed by atoms with Crippen molar-refractivity contribution < 1.29 is 4.79 Å². The first-order valence-electron chi connectivity index (χ1n) is 6.86. The number of nitrogen functional groups attached to an aromatic ring is 1. The van der Waals surface area contributed by atoms with Crippen molar-refractivity contribution in [3.63, 3.8) is 0 Å². The van der Waals surface area contributed by atoms with E-state index in [0.717, 1.165) is 9.13 Å². The second-order valence-electron chi connectivity index (χ2n) is 5.13. The number of nitrogens with zero attached hydrogens (tertiary/aromatic N) is 3. The fraction of sp³-hybridized carbons (Fsp3) is 0.125. The van der Waals surface area contributed by atoms with Crippen molar-refractivity contribution in [2.24, 2.45) is 14.1 Å². The first kappa shape index (κ1) is 18.5. The Morgan fingerprint density at radius 2 is 1.88 bits per heavy atom. The predicted octanol–water partition coefficient (Wildman–Crippen LogP) is 1.76. The number of nitrogens with two attached hydrogens (primary N) is 1. The van der Waals surface area contributed by atoms with Gasteiger partial charge in [-0.3, -0.25) is 18.7 Å². The van der Waals surface area contributed by atoms with E-state index in [4.69, 9.17) is 28.9 Å². The van der Waals surface area contributed by atoms with Gasteiger partial charge in [-0.05, 0) is 23.8 Å². The van der Waals surface area contributed by atoms with Gasteiger partial charge < -0.3 is 5.73 Å². The van der Waals surface area contributed by atoms with Crippen LogP contribution in [0.3, 0.4) is 0 Å². The number of carbonyl (C=O) groups is 1. The van der Waals surface area contributed by atoms with Gasteiger partial charge in [-0.1, -0.05) is 29.3 Å². The number of rotatable bonds is 3. The lowest BCUT2D eigenvalue weighted by Gasteiger charge is -2.10. The van der Waals surface area contributed by atoms with Gasteiger partial charge in [0.1, 0.15) is 23.0 Å². The third-order valence-corrected chi connectivity index (χ3v) is 4.13. The lowest BCUT2D eigenvalue weighted by atomic mass is 10.0. The first-order chi connectivity index (χ1) is 11.7. The summed E-state index contributed by atoms with van der Waals surface area (Å²) in [6, 6.07) is 6.25. The molecule has 0 spiro atoms. The van der Waals surface area contributed by atoms with Gasteiger partial charge in [-0.25, -0.2) is 4.79 Å². The largest absolute Gasteiger partial charge is 0.384 e. The summed E-state index contributed by atoms with van der Waals surface area (Å²) in [4.78, 5) is 36.7. The van der Waals surface area contributed by atoms with E-state index in [-0.39, 0.29) is 16.4 Å². The molecule has 128 valence electrons. The van der Waals surface area contributed by atoms with Crippen LogP contribution in [0.15, 0.2) is 33.4 Å². The van der Waals surface area contributed by atoms with Crippen LogP contribution in [0.4, 0.5) is 5.82 Å². The molecule has 0 radical (unpaired) electrons. The van der Waals surface area contributed by atoms with E-state index >= 15 is 0 Å². The maximum atomic E-state index is 12.6. The zero-order chi connectivity index (χ0) is 18.9. The van der Waals surface area contributed by atoms with Crippen molar-refractivity contribution in [3.8, 4) is 6.07 Å². The number of carbonyl (C=O) groups excluding carboxylic acids is 1. The maximum absolute atomic E-state index is 12.6. The van der Waals surface area contributed by atoms with Crippen LogP contribution in [0.2, 0.25) is 10.0 Å². The third-order valence-electron chi connectivity index (χ3n) is 3.56. The molecule has 7 nitrogen and oxygen atoms in total. The Balaban J connectivity index is 2.67. The molecule has 0 aliphatic heterocycles. The molecular formula is C16H12Cl2N4O3. The number of aromatic nitrogens is 2. The van der Waals surface area contributed by atoms with Crippen LogP contribution in [0.25, 0.3) is 6.08 Å². The number of hydrogen-bond acceptors (Lipinski definition) is 5. The van der Waals surface area contributed by atoms with Crippen LogP contribution >= 0.6 is 23.2 Å². The highest BCUT2D eigenvalue weighted by Crippen LogP contribution is 2.24. The smallest absolute Gasteiger partial charge is 0.332 e. The average Bonchev–Trinajstić information content (AvgIpc) is 2.57. The van der Waals surface area contributed by atoms with E-state index in [1.165, 1.54) is 32.3 Å². The molecule has 2 aromatic rings. The summed E-state index contributed by atoms with van der Waals surface area (Å²) >= 11 is 11.8. The molecule has 1 aromatic carbocycles. The highest BCUT2D eigenvalue weighted by molar-refractivity contribution is 6.35. The summed E-state index contributed by atoms with van der Waals surface area (Å²) in [5.41, 5.74) is 3.74. The summed E-state index contributed by atoms with van der Waals surface area (Å²) in [6.07, 6.45) is 1.23. The summed E-state index contributed by atoms with van der Waals surface area (Å²) in [6.45, 7) is 0. The summed E-state index contributed by atoms with van der Waals surface area (Å²) < 4.78 is 1.70. The van der Waals surface area contributed by atoms with Crippen molar-refractivity contribution in [2.45, 2.75) is 0 Å². The van der Waals surface area contributed by atoms with Gasteiger partial charge >= 0.3 is 5.69 Å². The molecule has 0 unspecified atom stereocenters. The number of ketones is 1. The number of Topliss-reactive ketones (excluding diaryl/α,β-unsaturated/α-hetero) is 1. The lowest BCUT2D eigenvalue weighted by molar-refractivity contribution is 0.103. The summed E-state index contributed by atoms with van der Waals surface area (Å²) in [5.74, 6) is -1.22. The highest BCUT2D eigenvalue weighted by atomic mass is 35.5. The monoisotopic (exact) mass is 378 g/mol. The van der Waals surface area contributed by atoms with Crippen LogP contribution in [-0.4, -0.2) is 14.9 Å². The van der Waals surface area contributed by atoms with E-state index in [2.05, 4.69) is 0 Å². The van der Waals surface area contributed by atoms with Gasteiger partial charge in [0.05, 0.1) is 0 Å². The van der Waals surface area contributed by atoms with Crippen LogP contribution < -0.4 is 17.0 Å². The molecule has 9 heteroatoms. The standard InChI is InChI=1S/C16H12Cl2N4O3/c1-21-14(20)12(15(24)22(2)16(21)25)13(23)9(7-19)5-8-3-4-10(17)6-11(8)18/h3-6H,20H2,1-2H3. The molecule has 0 aliphatic carbocycles. The van der Waals surface area contributed by atoms with Gasteiger partial charge in [-0.15, -0.1) is 0 Å². The third kappa shape index (κ3) is 3.36. The molecule has 0 aliphatic rings. The minimum atomic E-state index is -0.901. The Labute approximate surface area is 152 Å². The van der Waals surface area contributed by atoms with Crippen LogP contribution in [0.1, 0.15) is 15.9 Å². The Morgan fingerprint density at radius 3 is 2.44 bits per heavy atom.